The zero-order chi connectivity index (χ0) is 15.6. The number of nitrogens with one attached hydrogen (secondary N) is 1. The van der Waals surface area contributed by atoms with Crippen LogP contribution >= 0.6 is 11.3 Å². The first kappa shape index (κ1) is 15.9. The normalized spacial score (nSPS) is 25.2. The van der Waals surface area contributed by atoms with Crippen molar-refractivity contribution in [2.24, 2.45) is 5.92 Å². The lowest BCUT2D eigenvalue weighted by atomic mass is 10.1. The van der Waals surface area contributed by atoms with Gasteiger partial charge in [0.2, 0.25) is 5.91 Å². The van der Waals surface area contributed by atoms with Gasteiger partial charge in [-0.25, -0.2) is 13.4 Å². The molecule has 1 N–H and O–H groups in total. The van der Waals surface area contributed by atoms with Crippen LogP contribution in [0.4, 0.5) is 5.13 Å². The number of amides is 1. The summed E-state index contributed by atoms with van der Waals surface area (Å²) in [6.45, 7) is 3.04. The molecule has 2 aliphatic heterocycles. The molecule has 1 aromatic rings. The number of anilines is 1. The fourth-order valence-corrected chi connectivity index (χ4v) is 5.44. The molecular weight excluding hydrogens is 322 g/mol. The van der Waals surface area contributed by atoms with E-state index >= 15 is 0 Å². The van der Waals surface area contributed by atoms with E-state index in [9.17, 15) is 13.2 Å². The maximum atomic E-state index is 12.1. The van der Waals surface area contributed by atoms with Crippen molar-refractivity contribution in [2.45, 2.75) is 32.2 Å². The summed E-state index contributed by atoms with van der Waals surface area (Å²) in [6.07, 6.45) is 4.20. The Hall–Kier alpha value is -0.990. The highest BCUT2D eigenvalue weighted by molar-refractivity contribution is 7.91. The summed E-state index contributed by atoms with van der Waals surface area (Å²) in [6, 6.07) is 0. The fraction of sp³-hybridized carbons (Fsp3) is 0.714. The van der Waals surface area contributed by atoms with E-state index in [-0.39, 0.29) is 17.4 Å². The molecule has 0 spiro atoms. The maximum Gasteiger partial charge on any atom is 0.230 e. The fourth-order valence-electron chi connectivity index (χ4n) is 2.99. The third-order valence-electron chi connectivity index (χ3n) is 4.22. The minimum absolute atomic E-state index is 0.0369. The molecule has 0 aliphatic carbocycles. The average molecular weight is 343 g/mol. The van der Waals surface area contributed by atoms with Crippen LogP contribution in [0.1, 0.15) is 31.4 Å². The van der Waals surface area contributed by atoms with Crippen molar-refractivity contribution in [3.8, 4) is 0 Å². The van der Waals surface area contributed by atoms with E-state index in [4.69, 9.17) is 0 Å². The van der Waals surface area contributed by atoms with E-state index in [0.29, 0.717) is 11.6 Å². The monoisotopic (exact) mass is 343 g/mol. The molecule has 1 aromatic heterocycles. The van der Waals surface area contributed by atoms with Gasteiger partial charge in [-0.2, -0.15) is 0 Å². The molecule has 8 heteroatoms. The minimum atomic E-state index is -3.03. The molecule has 22 heavy (non-hydrogen) atoms. The van der Waals surface area contributed by atoms with Crippen molar-refractivity contribution >= 4 is 32.2 Å². The van der Waals surface area contributed by atoms with Crippen molar-refractivity contribution in [3.05, 3.63) is 11.1 Å². The molecule has 3 heterocycles. The van der Waals surface area contributed by atoms with Gasteiger partial charge >= 0.3 is 0 Å². The number of likely N-dealkylation sites (tertiary alicyclic amines) is 1. The predicted molar refractivity (Wildman–Crippen MR) is 86.6 cm³/mol. The summed E-state index contributed by atoms with van der Waals surface area (Å²) in [5.74, 6) is -0.576. The van der Waals surface area contributed by atoms with Gasteiger partial charge in [-0.3, -0.25) is 9.69 Å². The first-order valence-corrected chi connectivity index (χ1v) is 10.4. The smallest absolute Gasteiger partial charge is 0.230 e. The second-order valence-corrected chi connectivity index (χ2v) is 9.16. The largest absolute Gasteiger partial charge is 0.302 e. The number of carbonyl (C=O) groups excluding carboxylic acids is 1. The number of sulfone groups is 1. The number of hydrogen-bond donors (Lipinski definition) is 1. The highest BCUT2D eigenvalue weighted by Gasteiger charge is 2.33. The van der Waals surface area contributed by atoms with Gasteiger partial charge in [0.1, 0.15) is 0 Å². The van der Waals surface area contributed by atoms with Crippen LogP contribution in [0.15, 0.2) is 5.38 Å². The molecule has 2 fully saturated rings. The molecule has 0 bridgehead atoms. The molecular formula is C14H21N3O3S2. The van der Waals surface area contributed by atoms with E-state index in [1.807, 2.05) is 5.38 Å². The Bertz CT molecular complexity index is 636. The Kier molecular flexibility index (Phi) is 4.79. The Balaban J connectivity index is 1.54. The van der Waals surface area contributed by atoms with E-state index in [0.717, 1.165) is 25.3 Å². The van der Waals surface area contributed by atoms with Crippen LogP contribution in [-0.2, 0) is 21.2 Å². The Morgan fingerprint density at radius 2 is 2.14 bits per heavy atom. The van der Waals surface area contributed by atoms with Crippen molar-refractivity contribution in [1.82, 2.24) is 9.88 Å². The number of piperidine rings is 1. The van der Waals surface area contributed by atoms with Gasteiger partial charge in [0.25, 0.3) is 0 Å². The van der Waals surface area contributed by atoms with Crippen molar-refractivity contribution < 1.29 is 13.2 Å². The van der Waals surface area contributed by atoms with Crippen LogP contribution in [0.5, 0.6) is 0 Å². The van der Waals surface area contributed by atoms with Gasteiger partial charge in [-0.1, -0.05) is 6.42 Å². The quantitative estimate of drug-likeness (QED) is 0.896. The molecule has 1 atom stereocenters. The SMILES string of the molecule is O=C(Nc1nc(CN2CCCCC2)cs1)C1CCS(=O)(=O)C1. The van der Waals surface area contributed by atoms with Gasteiger partial charge < -0.3 is 5.32 Å². The second-order valence-electron chi connectivity index (χ2n) is 6.07. The third kappa shape index (κ3) is 4.05. The van der Waals surface area contributed by atoms with Crippen LogP contribution in [0.2, 0.25) is 0 Å². The molecule has 0 aromatic carbocycles. The average Bonchev–Trinajstić information content (AvgIpc) is 3.06. The number of aromatic nitrogens is 1. The number of nitrogens with zero attached hydrogens (tertiary/aromatic N) is 2. The molecule has 3 rings (SSSR count). The first-order chi connectivity index (χ1) is 10.5. The van der Waals surface area contributed by atoms with Crippen molar-refractivity contribution in [3.63, 3.8) is 0 Å². The summed E-state index contributed by atoms with van der Waals surface area (Å²) < 4.78 is 22.8. The van der Waals surface area contributed by atoms with Crippen molar-refractivity contribution in [2.75, 3.05) is 29.9 Å². The third-order valence-corrected chi connectivity index (χ3v) is 6.79. The maximum absolute atomic E-state index is 12.1. The summed E-state index contributed by atoms with van der Waals surface area (Å²) in [5, 5.41) is 5.30. The number of thiazole rings is 1. The predicted octanol–water partition coefficient (Wildman–Crippen LogP) is 1.50. The Morgan fingerprint density at radius 1 is 1.36 bits per heavy atom. The van der Waals surface area contributed by atoms with E-state index < -0.39 is 15.8 Å². The Morgan fingerprint density at radius 3 is 2.82 bits per heavy atom. The summed E-state index contributed by atoms with van der Waals surface area (Å²) in [4.78, 5) is 18.9. The van der Waals surface area contributed by atoms with Gasteiger partial charge in [-0.15, -0.1) is 11.3 Å². The molecule has 1 unspecified atom stereocenters. The van der Waals surface area contributed by atoms with Crippen LogP contribution in [-0.4, -0.2) is 48.8 Å². The zero-order valence-electron chi connectivity index (χ0n) is 12.5. The van der Waals surface area contributed by atoms with Crippen molar-refractivity contribution in [1.29, 1.82) is 0 Å². The van der Waals surface area contributed by atoms with Crippen LogP contribution in [0.25, 0.3) is 0 Å². The van der Waals surface area contributed by atoms with Gasteiger partial charge in [0.15, 0.2) is 15.0 Å². The molecule has 0 saturated carbocycles. The first-order valence-electron chi connectivity index (χ1n) is 7.70. The van der Waals surface area contributed by atoms with Crippen LogP contribution in [0.3, 0.4) is 0 Å². The lowest BCUT2D eigenvalue weighted by Crippen LogP contribution is -2.29. The highest BCUT2D eigenvalue weighted by Crippen LogP contribution is 2.23. The lowest BCUT2D eigenvalue weighted by molar-refractivity contribution is -0.119. The molecule has 6 nitrogen and oxygen atoms in total. The molecule has 2 saturated heterocycles. The molecule has 0 radical (unpaired) electrons. The van der Waals surface area contributed by atoms with Gasteiger partial charge in [-0.05, 0) is 32.4 Å². The zero-order valence-corrected chi connectivity index (χ0v) is 14.1. The number of hydrogen-bond acceptors (Lipinski definition) is 6. The summed E-state index contributed by atoms with van der Waals surface area (Å²) >= 11 is 1.41. The minimum Gasteiger partial charge on any atom is -0.302 e. The van der Waals surface area contributed by atoms with Crippen LogP contribution < -0.4 is 5.32 Å². The van der Waals surface area contributed by atoms with E-state index in [2.05, 4.69) is 15.2 Å². The summed E-state index contributed by atoms with van der Waals surface area (Å²) in [5.41, 5.74) is 0.973. The standard InChI is InChI=1S/C14H21N3O3S2/c18-13(11-4-7-22(19,20)10-11)16-14-15-12(9-21-14)8-17-5-2-1-3-6-17/h9,11H,1-8,10H2,(H,15,16,18). The number of rotatable bonds is 4. The summed E-state index contributed by atoms with van der Waals surface area (Å²) in [7, 11) is -3.03. The van der Waals surface area contributed by atoms with Crippen LogP contribution in [0, 0.1) is 5.92 Å². The Labute approximate surface area is 134 Å². The molecule has 1 amide bonds. The topological polar surface area (TPSA) is 79.4 Å². The second kappa shape index (κ2) is 6.64. The molecule has 2 aliphatic rings. The lowest BCUT2D eigenvalue weighted by Gasteiger charge is -2.25. The van der Waals surface area contributed by atoms with E-state index in [1.165, 1.54) is 30.6 Å². The van der Waals surface area contributed by atoms with Gasteiger partial charge in [0, 0.05) is 11.9 Å². The molecule has 122 valence electrons. The highest BCUT2D eigenvalue weighted by atomic mass is 32.2. The van der Waals surface area contributed by atoms with Gasteiger partial charge in [0.05, 0.1) is 23.1 Å². The van der Waals surface area contributed by atoms with E-state index in [1.54, 1.807) is 0 Å². The number of carbonyl (C=O) groups is 1.